The molecule has 1 aliphatic rings. The minimum Gasteiger partial charge on any atom is -0.343 e. The molecule has 0 N–H and O–H groups in total. The molecule has 0 atom stereocenters. The van der Waals surface area contributed by atoms with Crippen LogP contribution in [0.1, 0.15) is 23.0 Å². The van der Waals surface area contributed by atoms with Crippen molar-refractivity contribution in [2.75, 3.05) is 31.1 Å². The zero-order valence-electron chi connectivity index (χ0n) is 15.1. The van der Waals surface area contributed by atoms with Gasteiger partial charge >= 0.3 is 0 Å². The first-order chi connectivity index (χ1) is 13.5. The van der Waals surface area contributed by atoms with Gasteiger partial charge in [0.15, 0.2) is 0 Å². The number of piperazine rings is 1. The standard InChI is InChI=1S/C18H17ClFN5O2S/c1-2-12-10-15(26)25-17(21-12)28-18(22-25)24-7-5-23(6-8-24)16(27)13-9-11(19)3-4-14(13)20/h3-4,9-10H,2,5-8H2,1H3. The molecule has 2 aromatic heterocycles. The van der Waals surface area contributed by atoms with Crippen molar-refractivity contribution in [3.05, 3.63) is 56.7 Å². The Kier molecular flexibility index (Phi) is 5.03. The Bertz CT molecular complexity index is 1110. The summed E-state index contributed by atoms with van der Waals surface area (Å²) >= 11 is 7.23. The maximum Gasteiger partial charge on any atom is 0.275 e. The van der Waals surface area contributed by atoms with Gasteiger partial charge in [-0.3, -0.25) is 9.59 Å². The van der Waals surface area contributed by atoms with E-state index in [-0.39, 0.29) is 17.0 Å². The van der Waals surface area contributed by atoms with E-state index in [0.29, 0.717) is 47.7 Å². The van der Waals surface area contributed by atoms with Gasteiger partial charge in [0.25, 0.3) is 11.5 Å². The van der Waals surface area contributed by atoms with Gasteiger partial charge in [0.05, 0.1) is 5.56 Å². The quantitative estimate of drug-likeness (QED) is 0.649. The molecule has 1 amide bonds. The van der Waals surface area contributed by atoms with Gasteiger partial charge in [0.1, 0.15) is 5.82 Å². The van der Waals surface area contributed by atoms with E-state index in [1.54, 1.807) is 4.90 Å². The van der Waals surface area contributed by atoms with Crippen molar-refractivity contribution in [1.29, 1.82) is 0 Å². The van der Waals surface area contributed by atoms with Crippen LogP contribution >= 0.6 is 22.9 Å². The number of nitrogens with zero attached hydrogens (tertiary/aromatic N) is 5. The number of fused-ring (bicyclic) bond motifs is 1. The minimum atomic E-state index is -0.583. The second-order valence-corrected chi connectivity index (χ2v) is 7.79. The van der Waals surface area contributed by atoms with Crippen LogP contribution in [0.15, 0.2) is 29.1 Å². The third-order valence-electron chi connectivity index (χ3n) is 4.65. The van der Waals surface area contributed by atoms with Gasteiger partial charge in [-0.15, -0.1) is 5.10 Å². The van der Waals surface area contributed by atoms with Crippen molar-refractivity contribution >= 4 is 38.9 Å². The van der Waals surface area contributed by atoms with Crippen molar-refractivity contribution in [3.8, 4) is 0 Å². The average Bonchev–Trinajstić information content (AvgIpc) is 3.14. The summed E-state index contributed by atoms with van der Waals surface area (Å²) in [5.41, 5.74) is 0.512. The Balaban J connectivity index is 1.50. The number of anilines is 1. The van der Waals surface area contributed by atoms with Crippen molar-refractivity contribution in [2.45, 2.75) is 13.3 Å². The van der Waals surface area contributed by atoms with E-state index >= 15 is 0 Å². The van der Waals surface area contributed by atoms with E-state index in [1.165, 1.54) is 40.1 Å². The predicted octanol–water partition coefficient (Wildman–Crippen LogP) is 2.47. The first kappa shape index (κ1) is 18.8. The minimum absolute atomic E-state index is 0.0243. The Labute approximate surface area is 169 Å². The summed E-state index contributed by atoms with van der Waals surface area (Å²) in [5.74, 6) is -0.963. The zero-order chi connectivity index (χ0) is 19.8. The summed E-state index contributed by atoms with van der Waals surface area (Å²) in [5, 5.41) is 5.37. The molecule has 0 radical (unpaired) electrons. The topological polar surface area (TPSA) is 70.8 Å². The molecule has 7 nitrogen and oxygen atoms in total. The van der Waals surface area contributed by atoms with Crippen LogP contribution in [-0.2, 0) is 6.42 Å². The molecule has 1 fully saturated rings. The van der Waals surface area contributed by atoms with E-state index in [2.05, 4.69) is 10.1 Å². The number of carbonyl (C=O) groups excluding carboxylic acids is 1. The van der Waals surface area contributed by atoms with Crippen molar-refractivity contribution in [2.24, 2.45) is 0 Å². The first-order valence-electron chi connectivity index (χ1n) is 8.85. The lowest BCUT2D eigenvalue weighted by Crippen LogP contribution is -2.49. The smallest absolute Gasteiger partial charge is 0.275 e. The van der Waals surface area contributed by atoms with Crippen LogP contribution in [0.2, 0.25) is 5.02 Å². The predicted molar refractivity (Wildman–Crippen MR) is 106 cm³/mol. The summed E-state index contributed by atoms with van der Waals surface area (Å²) in [7, 11) is 0. The molecule has 1 aromatic carbocycles. The van der Waals surface area contributed by atoms with Crippen LogP contribution < -0.4 is 10.5 Å². The molecule has 28 heavy (non-hydrogen) atoms. The number of rotatable bonds is 3. The molecule has 10 heteroatoms. The summed E-state index contributed by atoms with van der Waals surface area (Å²) in [6.07, 6.45) is 0.680. The van der Waals surface area contributed by atoms with E-state index in [4.69, 9.17) is 11.6 Å². The fourth-order valence-electron chi connectivity index (χ4n) is 3.09. The molecule has 3 aromatic rings. The molecular formula is C18H17ClFN5O2S. The number of hydrogen-bond donors (Lipinski definition) is 0. The molecule has 0 unspecified atom stereocenters. The van der Waals surface area contributed by atoms with E-state index in [9.17, 15) is 14.0 Å². The van der Waals surface area contributed by atoms with Crippen LogP contribution in [-0.4, -0.2) is 51.6 Å². The molecular weight excluding hydrogens is 405 g/mol. The summed E-state index contributed by atoms with van der Waals surface area (Å²) in [6.45, 7) is 3.85. The Morgan fingerprint density at radius 2 is 2.00 bits per heavy atom. The highest BCUT2D eigenvalue weighted by Crippen LogP contribution is 2.24. The van der Waals surface area contributed by atoms with Crippen LogP contribution in [0.5, 0.6) is 0 Å². The molecule has 0 saturated carbocycles. The highest BCUT2D eigenvalue weighted by Gasteiger charge is 2.26. The lowest BCUT2D eigenvalue weighted by atomic mass is 10.1. The molecule has 0 bridgehead atoms. The summed E-state index contributed by atoms with van der Waals surface area (Å²) < 4.78 is 15.3. The molecule has 146 valence electrons. The number of hydrogen-bond acceptors (Lipinski definition) is 6. The molecule has 1 saturated heterocycles. The van der Waals surface area contributed by atoms with Crippen LogP contribution in [0.3, 0.4) is 0 Å². The van der Waals surface area contributed by atoms with E-state index in [0.717, 1.165) is 5.69 Å². The maximum absolute atomic E-state index is 14.0. The Morgan fingerprint density at radius 3 is 2.71 bits per heavy atom. The van der Waals surface area contributed by atoms with Crippen LogP contribution in [0.25, 0.3) is 4.96 Å². The molecule has 0 spiro atoms. The lowest BCUT2D eigenvalue weighted by Gasteiger charge is -2.34. The monoisotopic (exact) mass is 421 g/mol. The van der Waals surface area contributed by atoms with Crippen molar-refractivity contribution in [3.63, 3.8) is 0 Å². The van der Waals surface area contributed by atoms with E-state index < -0.39 is 5.82 Å². The zero-order valence-corrected chi connectivity index (χ0v) is 16.6. The third kappa shape index (κ3) is 3.47. The summed E-state index contributed by atoms with van der Waals surface area (Å²) in [4.78, 5) is 33.4. The third-order valence-corrected chi connectivity index (χ3v) is 5.85. The number of carbonyl (C=O) groups is 1. The fourth-order valence-corrected chi connectivity index (χ4v) is 4.24. The second kappa shape index (κ2) is 7.48. The number of halogens is 2. The fraction of sp³-hybridized carbons (Fsp3) is 0.333. The SMILES string of the molecule is CCc1cc(=O)n2nc(N3CCN(C(=O)c4cc(Cl)ccc4F)CC3)sc2n1. The highest BCUT2D eigenvalue weighted by molar-refractivity contribution is 7.20. The number of aryl methyl sites for hydroxylation is 1. The van der Waals surface area contributed by atoms with Gasteiger partial charge in [0, 0.05) is 43.0 Å². The van der Waals surface area contributed by atoms with Crippen LogP contribution in [0.4, 0.5) is 9.52 Å². The van der Waals surface area contributed by atoms with Gasteiger partial charge in [-0.2, -0.15) is 4.52 Å². The normalized spacial score (nSPS) is 14.7. The van der Waals surface area contributed by atoms with E-state index in [1.807, 2.05) is 11.8 Å². The maximum atomic E-state index is 14.0. The molecule has 0 aliphatic carbocycles. The van der Waals surface area contributed by atoms with Gasteiger partial charge in [-0.25, -0.2) is 9.37 Å². The number of amides is 1. The summed E-state index contributed by atoms with van der Waals surface area (Å²) in [6, 6.07) is 5.45. The first-order valence-corrected chi connectivity index (χ1v) is 10.0. The second-order valence-electron chi connectivity index (χ2n) is 6.42. The molecule has 1 aliphatic heterocycles. The highest BCUT2D eigenvalue weighted by atomic mass is 35.5. The molecule has 3 heterocycles. The average molecular weight is 422 g/mol. The Morgan fingerprint density at radius 1 is 1.25 bits per heavy atom. The van der Waals surface area contributed by atoms with Gasteiger partial charge < -0.3 is 9.80 Å². The van der Waals surface area contributed by atoms with Crippen LogP contribution in [0, 0.1) is 5.82 Å². The number of aromatic nitrogens is 3. The van der Waals surface area contributed by atoms with Gasteiger partial charge in [-0.05, 0) is 24.6 Å². The van der Waals surface area contributed by atoms with Gasteiger partial charge in [-0.1, -0.05) is 29.9 Å². The lowest BCUT2D eigenvalue weighted by molar-refractivity contribution is 0.0742. The van der Waals surface area contributed by atoms with Crippen molar-refractivity contribution < 1.29 is 9.18 Å². The number of benzene rings is 1. The van der Waals surface area contributed by atoms with Gasteiger partial charge in [0.2, 0.25) is 10.1 Å². The van der Waals surface area contributed by atoms with Crippen molar-refractivity contribution in [1.82, 2.24) is 19.5 Å². The molecule has 4 rings (SSSR count). The Hall–Kier alpha value is -2.52. The largest absolute Gasteiger partial charge is 0.343 e.